The van der Waals surface area contributed by atoms with E-state index in [9.17, 15) is 9.59 Å². The van der Waals surface area contributed by atoms with Gasteiger partial charge in [0.05, 0.1) is 0 Å². The molecule has 0 bridgehead atoms. The van der Waals surface area contributed by atoms with Gasteiger partial charge < -0.3 is 15.8 Å². The van der Waals surface area contributed by atoms with Crippen LogP contribution in [0.1, 0.15) is 104 Å². The number of fused-ring (bicyclic) bond motifs is 1. The van der Waals surface area contributed by atoms with Gasteiger partial charge in [-0.3, -0.25) is 9.59 Å². The van der Waals surface area contributed by atoms with Crippen molar-refractivity contribution in [3.05, 3.63) is 35.9 Å². The number of hydrogen-bond acceptors (Lipinski definition) is 3. The number of nitrogens with one attached hydrogen (secondary N) is 1. The molecule has 1 aromatic carbocycles. The zero-order valence-corrected chi connectivity index (χ0v) is 22.7. The number of primary amides is 1. The van der Waals surface area contributed by atoms with Gasteiger partial charge in [0, 0.05) is 17.8 Å². The first-order valence-electron chi connectivity index (χ1n) is 13.7. The number of ether oxygens (including phenoxy) is 1. The Bertz CT molecular complexity index is 848. The van der Waals surface area contributed by atoms with Gasteiger partial charge in [-0.2, -0.15) is 0 Å². The van der Waals surface area contributed by atoms with Crippen molar-refractivity contribution in [1.29, 1.82) is 0 Å². The number of carbonyl (C=O) groups excluding carboxylic acids is 2. The Morgan fingerprint density at radius 3 is 2.26 bits per heavy atom. The van der Waals surface area contributed by atoms with E-state index in [0.29, 0.717) is 5.69 Å². The lowest BCUT2D eigenvalue weighted by Crippen LogP contribution is -2.36. The molecule has 35 heavy (non-hydrogen) atoms. The third-order valence-corrected chi connectivity index (χ3v) is 7.28. The number of hydrogen-bond donors (Lipinski definition) is 2. The second-order valence-corrected chi connectivity index (χ2v) is 11.5. The summed E-state index contributed by atoms with van der Waals surface area (Å²) in [5.41, 5.74) is 6.70. The van der Waals surface area contributed by atoms with Gasteiger partial charge in [-0.15, -0.1) is 0 Å². The van der Waals surface area contributed by atoms with Crippen molar-refractivity contribution in [2.45, 2.75) is 111 Å². The normalized spacial score (nSPS) is 19.3. The van der Waals surface area contributed by atoms with Gasteiger partial charge in [0.25, 0.3) is 0 Å². The van der Waals surface area contributed by atoms with Crippen molar-refractivity contribution < 1.29 is 14.3 Å². The fourth-order valence-corrected chi connectivity index (χ4v) is 4.99. The van der Waals surface area contributed by atoms with Crippen LogP contribution >= 0.6 is 0 Å². The minimum Gasteiger partial charge on any atom is -0.487 e. The highest BCUT2D eigenvalue weighted by atomic mass is 16.5. The largest absolute Gasteiger partial charge is 0.487 e. The molecule has 3 unspecified atom stereocenters. The fraction of sp³-hybridized carbons (Fsp3) is 0.667. The first kappa shape index (κ1) is 28.9. The highest BCUT2D eigenvalue weighted by molar-refractivity contribution is 6.03. The van der Waals surface area contributed by atoms with Crippen molar-refractivity contribution in [2.75, 3.05) is 5.32 Å². The van der Waals surface area contributed by atoms with E-state index < -0.39 is 5.91 Å². The molecule has 196 valence electrons. The topological polar surface area (TPSA) is 81.4 Å². The summed E-state index contributed by atoms with van der Waals surface area (Å²) >= 11 is 0. The van der Waals surface area contributed by atoms with E-state index in [1.165, 1.54) is 51.4 Å². The van der Waals surface area contributed by atoms with E-state index in [0.717, 1.165) is 60.5 Å². The molecule has 1 aliphatic heterocycles. The number of aryl methyl sites for hydroxylation is 1. The second kappa shape index (κ2) is 14.3. The molecule has 0 saturated carbocycles. The molecule has 0 radical (unpaired) electrons. The second-order valence-electron chi connectivity index (χ2n) is 11.5. The quantitative estimate of drug-likeness (QED) is 0.258. The number of anilines is 1. The Morgan fingerprint density at radius 1 is 1.00 bits per heavy atom. The van der Waals surface area contributed by atoms with Gasteiger partial charge in [-0.05, 0) is 74.1 Å². The van der Waals surface area contributed by atoms with Crippen LogP contribution in [-0.4, -0.2) is 17.4 Å². The SMILES string of the molecule is CC(C)CCCC(C)CCCC(C)CCCC1(C)CCc2cc(NC(=O)/C=C\C(N)=O)ccc2O1. The van der Waals surface area contributed by atoms with E-state index >= 15 is 0 Å². The molecule has 0 fully saturated rings. The summed E-state index contributed by atoms with van der Waals surface area (Å²) in [7, 11) is 0. The standard InChI is InChI=1S/C30H48N2O3/c1-22(2)9-6-10-23(3)11-7-12-24(4)13-8-19-30(5)20-18-25-21-26(14-15-27(25)35-30)32-29(34)17-16-28(31)33/h14-17,21-24H,6-13,18-20H2,1-5H3,(H2,31,33)(H,32,34)/b17-16-. The van der Waals surface area contributed by atoms with Gasteiger partial charge in [0.2, 0.25) is 11.8 Å². The van der Waals surface area contributed by atoms with E-state index in [-0.39, 0.29) is 11.5 Å². The molecule has 3 N–H and O–H groups in total. The third-order valence-electron chi connectivity index (χ3n) is 7.28. The number of amides is 2. The van der Waals surface area contributed by atoms with Crippen LogP contribution in [0.2, 0.25) is 0 Å². The zero-order valence-electron chi connectivity index (χ0n) is 22.7. The molecule has 5 heteroatoms. The Kier molecular flexibility index (Phi) is 11.8. The van der Waals surface area contributed by atoms with Gasteiger partial charge in [-0.1, -0.05) is 72.6 Å². The molecule has 2 rings (SSSR count). The first-order chi connectivity index (χ1) is 16.6. The first-order valence-corrected chi connectivity index (χ1v) is 13.7. The van der Waals surface area contributed by atoms with Crippen molar-refractivity contribution in [3.8, 4) is 5.75 Å². The minimum atomic E-state index is -0.644. The zero-order chi connectivity index (χ0) is 25.8. The molecule has 2 amide bonds. The molecule has 0 spiro atoms. The average molecular weight is 485 g/mol. The van der Waals surface area contributed by atoms with E-state index in [4.69, 9.17) is 10.5 Å². The summed E-state index contributed by atoms with van der Waals surface area (Å²) in [6, 6.07) is 5.73. The summed E-state index contributed by atoms with van der Waals surface area (Å²) in [5.74, 6) is 2.34. The van der Waals surface area contributed by atoms with Crippen LogP contribution in [0.25, 0.3) is 0 Å². The molecule has 0 saturated heterocycles. The Labute approximate surface area is 213 Å². The summed E-state index contributed by atoms with van der Waals surface area (Å²) in [4.78, 5) is 22.7. The predicted molar refractivity (Wildman–Crippen MR) is 145 cm³/mol. The van der Waals surface area contributed by atoms with Crippen LogP contribution in [-0.2, 0) is 16.0 Å². The van der Waals surface area contributed by atoms with E-state index in [1.807, 2.05) is 18.2 Å². The number of benzene rings is 1. The molecule has 1 heterocycles. The molecular formula is C30H48N2O3. The van der Waals surface area contributed by atoms with Crippen molar-refractivity contribution in [3.63, 3.8) is 0 Å². The van der Waals surface area contributed by atoms with Crippen molar-refractivity contribution >= 4 is 17.5 Å². The smallest absolute Gasteiger partial charge is 0.248 e. The molecule has 0 aliphatic carbocycles. The lowest BCUT2D eigenvalue weighted by Gasteiger charge is -2.36. The maximum Gasteiger partial charge on any atom is 0.248 e. The summed E-state index contributed by atoms with van der Waals surface area (Å²) in [6.45, 7) is 11.7. The molecule has 1 aliphatic rings. The van der Waals surface area contributed by atoms with E-state index in [2.05, 4.69) is 39.9 Å². The summed E-state index contributed by atoms with van der Waals surface area (Å²) in [6.07, 6.45) is 15.8. The Balaban J connectivity index is 1.71. The molecular weight excluding hydrogens is 436 g/mol. The minimum absolute atomic E-state index is 0.132. The molecule has 3 atom stereocenters. The van der Waals surface area contributed by atoms with Crippen LogP contribution in [0.4, 0.5) is 5.69 Å². The monoisotopic (exact) mass is 484 g/mol. The van der Waals surface area contributed by atoms with Crippen LogP contribution < -0.4 is 15.8 Å². The maximum atomic E-state index is 11.9. The van der Waals surface area contributed by atoms with Crippen LogP contribution in [0.3, 0.4) is 0 Å². The lowest BCUT2D eigenvalue weighted by molar-refractivity contribution is -0.115. The number of nitrogens with two attached hydrogens (primary N) is 1. The van der Waals surface area contributed by atoms with Crippen LogP contribution in [0, 0.1) is 17.8 Å². The third kappa shape index (κ3) is 11.3. The van der Waals surface area contributed by atoms with Crippen molar-refractivity contribution in [1.82, 2.24) is 0 Å². The van der Waals surface area contributed by atoms with Gasteiger partial charge in [0.15, 0.2) is 0 Å². The highest BCUT2D eigenvalue weighted by Gasteiger charge is 2.31. The van der Waals surface area contributed by atoms with Crippen LogP contribution in [0.5, 0.6) is 5.75 Å². The Morgan fingerprint density at radius 2 is 1.63 bits per heavy atom. The summed E-state index contributed by atoms with van der Waals surface area (Å²) in [5, 5.41) is 2.76. The van der Waals surface area contributed by atoms with Gasteiger partial charge in [-0.25, -0.2) is 0 Å². The van der Waals surface area contributed by atoms with Crippen molar-refractivity contribution in [2.24, 2.45) is 23.5 Å². The fourth-order valence-electron chi connectivity index (χ4n) is 4.99. The van der Waals surface area contributed by atoms with E-state index in [1.54, 1.807) is 0 Å². The predicted octanol–water partition coefficient (Wildman–Crippen LogP) is 7.19. The molecule has 0 aromatic heterocycles. The maximum absolute atomic E-state index is 11.9. The molecule has 5 nitrogen and oxygen atoms in total. The average Bonchev–Trinajstić information content (AvgIpc) is 2.77. The van der Waals surface area contributed by atoms with Crippen LogP contribution in [0.15, 0.2) is 30.4 Å². The number of carbonyl (C=O) groups is 2. The van der Waals surface area contributed by atoms with Gasteiger partial charge >= 0.3 is 0 Å². The molecule has 1 aromatic rings. The number of rotatable bonds is 15. The van der Waals surface area contributed by atoms with Gasteiger partial charge in [0.1, 0.15) is 11.4 Å². The Hall–Kier alpha value is -2.30. The summed E-state index contributed by atoms with van der Waals surface area (Å²) < 4.78 is 6.42. The lowest BCUT2D eigenvalue weighted by atomic mass is 9.86. The highest BCUT2D eigenvalue weighted by Crippen LogP contribution is 2.37.